The van der Waals surface area contributed by atoms with Gasteiger partial charge in [0, 0.05) is 28.7 Å². The maximum atomic E-state index is 9.73. The molecule has 2 N–H and O–H groups in total. The molecule has 0 fully saturated rings. The third-order valence-corrected chi connectivity index (χ3v) is 2.59. The Bertz CT molecular complexity index is 531. The minimum Gasteiger partial charge on any atom is -0.494 e. The molecule has 1 heterocycles. The Morgan fingerprint density at radius 1 is 1.50 bits per heavy atom. The SMILES string of the molecule is CCCN=Cc1c(O)[nH]c2ccc(Cl)cc12. The minimum absolute atomic E-state index is 0.136. The second-order valence-electron chi connectivity index (χ2n) is 3.61. The number of aromatic hydroxyl groups is 1. The summed E-state index contributed by atoms with van der Waals surface area (Å²) in [6.45, 7) is 2.82. The molecule has 0 spiro atoms. The van der Waals surface area contributed by atoms with Gasteiger partial charge >= 0.3 is 0 Å². The van der Waals surface area contributed by atoms with Gasteiger partial charge in [-0.1, -0.05) is 18.5 Å². The Morgan fingerprint density at radius 2 is 2.31 bits per heavy atom. The van der Waals surface area contributed by atoms with Crippen molar-refractivity contribution in [3.63, 3.8) is 0 Å². The van der Waals surface area contributed by atoms with Crippen molar-refractivity contribution in [1.29, 1.82) is 0 Å². The van der Waals surface area contributed by atoms with E-state index in [4.69, 9.17) is 11.6 Å². The van der Waals surface area contributed by atoms with Crippen LogP contribution < -0.4 is 0 Å². The topological polar surface area (TPSA) is 48.4 Å². The number of hydrogen-bond donors (Lipinski definition) is 2. The summed E-state index contributed by atoms with van der Waals surface area (Å²) in [7, 11) is 0. The van der Waals surface area contributed by atoms with Gasteiger partial charge in [-0.3, -0.25) is 4.99 Å². The first-order valence-corrected chi connectivity index (χ1v) is 5.60. The van der Waals surface area contributed by atoms with Gasteiger partial charge in [-0.15, -0.1) is 0 Å². The number of benzene rings is 1. The lowest BCUT2D eigenvalue weighted by Crippen LogP contribution is -1.82. The fourth-order valence-corrected chi connectivity index (χ4v) is 1.76. The van der Waals surface area contributed by atoms with Crippen LogP contribution in [0.1, 0.15) is 18.9 Å². The predicted molar refractivity (Wildman–Crippen MR) is 67.7 cm³/mol. The third-order valence-electron chi connectivity index (χ3n) is 2.35. The molecule has 0 aliphatic carbocycles. The van der Waals surface area contributed by atoms with Crippen LogP contribution in [0.25, 0.3) is 10.9 Å². The van der Waals surface area contributed by atoms with Crippen LogP contribution in [0, 0.1) is 0 Å². The Labute approximate surface area is 98.8 Å². The fraction of sp³-hybridized carbons (Fsp3) is 0.250. The molecule has 0 amide bonds. The van der Waals surface area contributed by atoms with Crippen LogP contribution >= 0.6 is 11.6 Å². The number of hydrogen-bond acceptors (Lipinski definition) is 2. The zero-order valence-electron chi connectivity index (χ0n) is 9.00. The molecule has 0 bridgehead atoms. The highest BCUT2D eigenvalue weighted by Gasteiger charge is 2.08. The molecule has 16 heavy (non-hydrogen) atoms. The Morgan fingerprint density at radius 3 is 3.06 bits per heavy atom. The standard InChI is InChI=1S/C12H13ClN2O/c1-2-5-14-7-10-9-6-8(13)3-4-11(9)15-12(10)16/h3-4,6-7,15-16H,2,5H2,1H3. The summed E-state index contributed by atoms with van der Waals surface area (Å²) in [6, 6.07) is 5.45. The molecule has 0 saturated heterocycles. The Hall–Kier alpha value is -1.48. The molecular weight excluding hydrogens is 224 g/mol. The first-order valence-electron chi connectivity index (χ1n) is 5.22. The lowest BCUT2D eigenvalue weighted by atomic mass is 10.2. The van der Waals surface area contributed by atoms with Crippen molar-refractivity contribution in [1.82, 2.24) is 4.98 Å². The quantitative estimate of drug-likeness (QED) is 0.789. The number of aliphatic imine (C=N–C) groups is 1. The Balaban J connectivity index is 2.50. The maximum absolute atomic E-state index is 9.73. The lowest BCUT2D eigenvalue weighted by Gasteiger charge is -1.93. The monoisotopic (exact) mass is 236 g/mol. The molecule has 1 aromatic heterocycles. The summed E-state index contributed by atoms with van der Waals surface area (Å²) in [5.74, 6) is 0.136. The van der Waals surface area contributed by atoms with E-state index < -0.39 is 0 Å². The molecule has 1 aromatic carbocycles. The highest BCUT2D eigenvalue weighted by Crippen LogP contribution is 2.27. The van der Waals surface area contributed by atoms with Gasteiger partial charge in [-0.05, 0) is 24.6 Å². The van der Waals surface area contributed by atoms with Gasteiger partial charge in [-0.25, -0.2) is 0 Å². The van der Waals surface area contributed by atoms with Crippen molar-refractivity contribution in [3.8, 4) is 5.88 Å². The molecule has 0 radical (unpaired) electrons. The molecule has 0 unspecified atom stereocenters. The minimum atomic E-state index is 0.136. The second-order valence-corrected chi connectivity index (χ2v) is 4.05. The highest BCUT2D eigenvalue weighted by atomic mass is 35.5. The fourth-order valence-electron chi connectivity index (χ4n) is 1.59. The zero-order valence-corrected chi connectivity index (χ0v) is 9.75. The van der Waals surface area contributed by atoms with E-state index in [1.807, 2.05) is 12.1 Å². The van der Waals surface area contributed by atoms with Gasteiger partial charge < -0.3 is 10.1 Å². The number of fused-ring (bicyclic) bond motifs is 1. The Kier molecular flexibility index (Phi) is 3.15. The number of nitrogens with zero attached hydrogens (tertiary/aromatic N) is 1. The van der Waals surface area contributed by atoms with E-state index in [1.165, 1.54) is 0 Å². The first-order chi connectivity index (χ1) is 7.72. The number of aromatic amines is 1. The van der Waals surface area contributed by atoms with Crippen LogP contribution in [0.15, 0.2) is 23.2 Å². The van der Waals surface area contributed by atoms with E-state index in [-0.39, 0.29) is 5.88 Å². The van der Waals surface area contributed by atoms with Gasteiger partial charge in [0.1, 0.15) is 0 Å². The molecule has 0 atom stereocenters. The highest BCUT2D eigenvalue weighted by molar-refractivity contribution is 6.31. The van der Waals surface area contributed by atoms with Crippen LogP contribution in [0.5, 0.6) is 5.88 Å². The van der Waals surface area contributed by atoms with Crippen molar-refractivity contribution in [2.24, 2.45) is 4.99 Å². The van der Waals surface area contributed by atoms with Crippen LogP contribution in [-0.2, 0) is 0 Å². The van der Waals surface area contributed by atoms with Crippen molar-refractivity contribution < 1.29 is 5.11 Å². The molecular formula is C12H13ClN2O. The number of H-pyrrole nitrogens is 1. The summed E-state index contributed by atoms with van der Waals surface area (Å²) < 4.78 is 0. The number of aromatic nitrogens is 1. The van der Waals surface area contributed by atoms with Gasteiger partial charge in [0.05, 0.1) is 5.56 Å². The lowest BCUT2D eigenvalue weighted by molar-refractivity contribution is 0.457. The van der Waals surface area contributed by atoms with Crippen molar-refractivity contribution in [3.05, 3.63) is 28.8 Å². The van der Waals surface area contributed by atoms with Crippen LogP contribution in [0.3, 0.4) is 0 Å². The van der Waals surface area contributed by atoms with Gasteiger partial charge in [0.15, 0.2) is 5.88 Å². The summed E-state index contributed by atoms with van der Waals surface area (Å²) in [4.78, 5) is 7.11. The molecule has 2 aromatic rings. The maximum Gasteiger partial charge on any atom is 0.198 e. The summed E-state index contributed by atoms with van der Waals surface area (Å²) in [6.07, 6.45) is 2.67. The summed E-state index contributed by atoms with van der Waals surface area (Å²) >= 11 is 5.92. The molecule has 0 aliphatic heterocycles. The third kappa shape index (κ3) is 2.04. The molecule has 0 saturated carbocycles. The van der Waals surface area contributed by atoms with Gasteiger partial charge in [-0.2, -0.15) is 0 Å². The van der Waals surface area contributed by atoms with E-state index in [1.54, 1.807) is 12.3 Å². The van der Waals surface area contributed by atoms with Crippen molar-refractivity contribution in [2.45, 2.75) is 13.3 Å². The van der Waals surface area contributed by atoms with E-state index in [0.717, 1.165) is 23.9 Å². The zero-order chi connectivity index (χ0) is 11.5. The van der Waals surface area contributed by atoms with Gasteiger partial charge in [0.25, 0.3) is 0 Å². The largest absolute Gasteiger partial charge is 0.494 e. The van der Waals surface area contributed by atoms with Crippen molar-refractivity contribution >= 4 is 28.7 Å². The van der Waals surface area contributed by atoms with Crippen LogP contribution in [-0.4, -0.2) is 22.8 Å². The molecule has 3 nitrogen and oxygen atoms in total. The van der Waals surface area contributed by atoms with E-state index >= 15 is 0 Å². The second kappa shape index (κ2) is 4.58. The molecule has 84 valence electrons. The predicted octanol–water partition coefficient (Wildman–Crippen LogP) is 3.36. The van der Waals surface area contributed by atoms with Crippen molar-refractivity contribution in [2.75, 3.05) is 6.54 Å². The van der Waals surface area contributed by atoms with Gasteiger partial charge in [0.2, 0.25) is 0 Å². The van der Waals surface area contributed by atoms with Crippen LogP contribution in [0.4, 0.5) is 0 Å². The van der Waals surface area contributed by atoms with E-state index in [0.29, 0.717) is 10.6 Å². The first kappa shape index (κ1) is 11.0. The molecule has 4 heteroatoms. The average Bonchev–Trinajstić information content (AvgIpc) is 2.56. The smallest absolute Gasteiger partial charge is 0.198 e. The van der Waals surface area contributed by atoms with Crippen LogP contribution in [0.2, 0.25) is 5.02 Å². The molecule has 0 aliphatic rings. The summed E-state index contributed by atoms with van der Waals surface area (Å²) in [5, 5.41) is 11.3. The molecule has 2 rings (SSSR count). The number of rotatable bonds is 3. The van der Waals surface area contributed by atoms with E-state index in [2.05, 4.69) is 16.9 Å². The van der Waals surface area contributed by atoms with E-state index in [9.17, 15) is 5.11 Å². The summed E-state index contributed by atoms with van der Waals surface area (Å²) in [5.41, 5.74) is 1.56. The average molecular weight is 237 g/mol. The number of halogens is 1. The normalized spacial score (nSPS) is 11.6. The number of nitrogens with one attached hydrogen (secondary N) is 1.